The number of rotatable bonds is 5. The molecule has 5 nitrogen and oxygen atoms in total. The first-order chi connectivity index (χ1) is 10.6. The molecule has 0 aliphatic heterocycles. The van der Waals surface area contributed by atoms with Crippen molar-refractivity contribution < 1.29 is 8.42 Å². The summed E-state index contributed by atoms with van der Waals surface area (Å²) in [7, 11) is -3.13. The van der Waals surface area contributed by atoms with Crippen molar-refractivity contribution in [3.63, 3.8) is 0 Å². The Balaban J connectivity index is 1.75. The van der Waals surface area contributed by atoms with Crippen LogP contribution >= 0.6 is 0 Å². The molecule has 0 saturated carbocycles. The largest absolute Gasteiger partial charge is 0.346 e. The van der Waals surface area contributed by atoms with Gasteiger partial charge in [0.1, 0.15) is 5.65 Å². The molecular weight excluding hydrogens is 298 g/mol. The van der Waals surface area contributed by atoms with Crippen molar-refractivity contribution in [2.75, 3.05) is 5.75 Å². The van der Waals surface area contributed by atoms with Gasteiger partial charge in [0.15, 0.2) is 0 Å². The maximum atomic E-state index is 11.8. The summed E-state index contributed by atoms with van der Waals surface area (Å²) in [6.07, 6.45) is 8.96. The van der Waals surface area contributed by atoms with E-state index in [-0.39, 0.29) is 11.8 Å². The predicted octanol–water partition coefficient (Wildman–Crippen LogP) is 2.83. The van der Waals surface area contributed by atoms with Gasteiger partial charge >= 0.3 is 0 Å². The number of H-pyrrole nitrogens is 1. The van der Waals surface area contributed by atoms with Crippen molar-refractivity contribution in [2.45, 2.75) is 38.6 Å². The Morgan fingerprint density at radius 1 is 1.41 bits per heavy atom. The third-order valence-electron chi connectivity index (χ3n) is 4.04. The maximum absolute atomic E-state index is 11.8. The van der Waals surface area contributed by atoms with Crippen molar-refractivity contribution >= 4 is 26.6 Å². The molecule has 118 valence electrons. The minimum Gasteiger partial charge on any atom is -0.346 e. The molecule has 2 aromatic rings. The minimum atomic E-state index is -3.13. The highest BCUT2D eigenvalue weighted by Crippen LogP contribution is 2.31. The molecule has 0 fully saturated rings. The van der Waals surface area contributed by atoms with E-state index < -0.39 is 10.0 Å². The average Bonchev–Trinajstić information content (AvgIpc) is 2.96. The van der Waals surface area contributed by atoms with Crippen LogP contribution < -0.4 is 4.72 Å². The topological polar surface area (TPSA) is 74.8 Å². The van der Waals surface area contributed by atoms with E-state index in [4.69, 9.17) is 0 Å². The molecule has 3 rings (SSSR count). The van der Waals surface area contributed by atoms with E-state index in [2.05, 4.69) is 20.8 Å². The van der Waals surface area contributed by atoms with Crippen LogP contribution in [-0.2, 0) is 10.0 Å². The van der Waals surface area contributed by atoms with Gasteiger partial charge in [0.25, 0.3) is 0 Å². The van der Waals surface area contributed by atoms with Crippen LogP contribution in [0.4, 0.5) is 0 Å². The molecule has 0 amide bonds. The Hall–Kier alpha value is -1.66. The van der Waals surface area contributed by atoms with Crippen molar-refractivity contribution in [2.24, 2.45) is 0 Å². The van der Waals surface area contributed by atoms with Crippen molar-refractivity contribution in [3.05, 3.63) is 36.2 Å². The molecule has 2 aromatic heterocycles. The van der Waals surface area contributed by atoms with Crippen molar-refractivity contribution in [1.82, 2.24) is 14.7 Å². The zero-order valence-electron chi connectivity index (χ0n) is 12.7. The molecule has 2 heterocycles. The van der Waals surface area contributed by atoms with Crippen molar-refractivity contribution in [1.29, 1.82) is 0 Å². The van der Waals surface area contributed by atoms with Crippen LogP contribution in [0.2, 0.25) is 0 Å². The van der Waals surface area contributed by atoms with Gasteiger partial charge in [0, 0.05) is 23.8 Å². The summed E-state index contributed by atoms with van der Waals surface area (Å²) in [5.74, 6) is 0.203. The fraction of sp³-hybridized carbons (Fsp3) is 0.438. The Kier molecular flexibility index (Phi) is 4.31. The number of allylic oxidation sites excluding steroid dienone is 1. The molecule has 2 N–H and O–H groups in total. The molecule has 0 spiro atoms. The number of nitrogens with one attached hydrogen (secondary N) is 2. The first-order valence-corrected chi connectivity index (χ1v) is 9.36. The van der Waals surface area contributed by atoms with Crippen LogP contribution in [0.1, 0.15) is 38.2 Å². The van der Waals surface area contributed by atoms with Gasteiger partial charge in [-0.3, -0.25) is 0 Å². The third kappa shape index (κ3) is 3.23. The van der Waals surface area contributed by atoms with Gasteiger partial charge in [-0.2, -0.15) is 0 Å². The standard InChI is InChI=1S/C16H21N3O2S/c1-2-11-22(20,21)19-13-5-3-12(4-6-13)14-7-9-17-16-15(14)8-10-18-16/h3,7-10,13,19H,2,4-6,11H2,1H3,(H,17,18). The third-order valence-corrected chi connectivity index (χ3v) is 5.67. The summed E-state index contributed by atoms with van der Waals surface area (Å²) >= 11 is 0. The Bertz CT molecular complexity index is 793. The fourth-order valence-corrected chi connectivity index (χ4v) is 4.39. The van der Waals surface area contributed by atoms with Crippen molar-refractivity contribution in [3.8, 4) is 0 Å². The molecule has 0 saturated heterocycles. The second kappa shape index (κ2) is 6.22. The van der Waals surface area contributed by atoms with E-state index >= 15 is 0 Å². The summed E-state index contributed by atoms with van der Waals surface area (Å²) in [6.45, 7) is 1.88. The van der Waals surface area contributed by atoms with Gasteiger partial charge in [-0.25, -0.2) is 18.1 Å². The lowest BCUT2D eigenvalue weighted by atomic mass is 9.90. The SMILES string of the molecule is CCCS(=O)(=O)NC1CC=C(c2ccnc3[nH]ccc23)CC1. The number of pyridine rings is 1. The minimum absolute atomic E-state index is 0.0175. The van der Waals surface area contributed by atoms with E-state index in [1.165, 1.54) is 11.1 Å². The number of hydrogen-bond acceptors (Lipinski definition) is 3. The lowest BCUT2D eigenvalue weighted by Gasteiger charge is -2.23. The van der Waals surface area contributed by atoms with Gasteiger partial charge in [0.2, 0.25) is 10.0 Å². The Morgan fingerprint density at radius 2 is 2.27 bits per heavy atom. The summed E-state index contributed by atoms with van der Waals surface area (Å²) in [5, 5.41) is 1.12. The lowest BCUT2D eigenvalue weighted by molar-refractivity contribution is 0.525. The fourth-order valence-electron chi connectivity index (χ4n) is 3.01. The average molecular weight is 319 g/mol. The molecule has 0 aromatic carbocycles. The first kappa shape index (κ1) is 15.2. The molecule has 0 bridgehead atoms. The quantitative estimate of drug-likeness (QED) is 0.890. The first-order valence-electron chi connectivity index (χ1n) is 7.70. The normalized spacial score (nSPS) is 19.3. The number of sulfonamides is 1. The smallest absolute Gasteiger partial charge is 0.211 e. The van der Waals surface area contributed by atoms with Gasteiger partial charge in [-0.15, -0.1) is 0 Å². The van der Waals surface area contributed by atoms with E-state index in [9.17, 15) is 8.42 Å². The molecule has 6 heteroatoms. The molecule has 1 unspecified atom stereocenters. The summed E-state index contributed by atoms with van der Waals surface area (Å²) in [6, 6.07) is 4.09. The predicted molar refractivity (Wildman–Crippen MR) is 88.9 cm³/mol. The highest BCUT2D eigenvalue weighted by molar-refractivity contribution is 7.89. The Morgan fingerprint density at radius 3 is 3.00 bits per heavy atom. The molecule has 0 radical (unpaired) electrons. The van der Waals surface area contributed by atoms with Gasteiger partial charge in [0.05, 0.1) is 5.75 Å². The number of fused-ring (bicyclic) bond motifs is 1. The molecule has 22 heavy (non-hydrogen) atoms. The highest BCUT2D eigenvalue weighted by atomic mass is 32.2. The number of hydrogen-bond donors (Lipinski definition) is 2. The van der Waals surface area contributed by atoms with E-state index in [0.717, 1.165) is 30.3 Å². The van der Waals surface area contributed by atoms with E-state index in [1.54, 1.807) is 0 Å². The van der Waals surface area contributed by atoms with E-state index in [0.29, 0.717) is 6.42 Å². The van der Waals surface area contributed by atoms with E-state index in [1.807, 2.05) is 31.5 Å². The zero-order chi connectivity index (χ0) is 15.6. The summed E-state index contributed by atoms with van der Waals surface area (Å²) in [4.78, 5) is 7.43. The number of aromatic nitrogens is 2. The van der Waals surface area contributed by atoms with Gasteiger partial charge < -0.3 is 4.98 Å². The van der Waals surface area contributed by atoms with Crippen LogP contribution in [0.3, 0.4) is 0 Å². The van der Waals surface area contributed by atoms with Crippen LogP contribution in [-0.4, -0.2) is 30.2 Å². The molecule has 1 atom stereocenters. The van der Waals surface area contributed by atoms with Gasteiger partial charge in [-0.05, 0) is 49.0 Å². The number of nitrogens with zero attached hydrogens (tertiary/aromatic N) is 1. The highest BCUT2D eigenvalue weighted by Gasteiger charge is 2.21. The zero-order valence-corrected chi connectivity index (χ0v) is 13.5. The molecule has 1 aliphatic rings. The maximum Gasteiger partial charge on any atom is 0.211 e. The van der Waals surface area contributed by atoms with Gasteiger partial charge in [-0.1, -0.05) is 13.0 Å². The van der Waals surface area contributed by atoms with Crippen LogP contribution in [0.25, 0.3) is 16.6 Å². The van der Waals surface area contributed by atoms with Crippen LogP contribution in [0, 0.1) is 0 Å². The van der Waals surface area contributed by atoms with Crippen LogP contribution in [0.5, 0.6) is 0 Å². The number of aromatic amines is 1. The Labute approximate surface area is 130 Å². The second-order valence-corrected chi connectivity index (χ2v) is 7.61. The lowest BCUT2D eigenvalue weighted by Crippen LogP contribution is -2.37. The molecular formula is C16H21N3O2S. The summed E-state index contributed by atoms with van der Waals surface area (Å²) < 4.78 is 26.5. The summed E-state index contributed by atoms with van der Waals surface area (Å²) in [5.41, 5.74) is 3.36. The monoisotopic (exact) mass is 319 g/mol. The van der Waals surface area contributed by atoms with Crippen LogP contribution in [0.15, 0.2) is 30.6 Å². The second-order valence-electron chi connectivity index (χ2n) is 5.74. The molecule has 1 aliphatic carbocycles.